The lowest BCUT2D eigenvalue weighted by Crippen LogP contribution is -2.44. The third-order valence-corrected chi connectivity index (χ3v) is 4.02. The van der Waals surface area contributed by atoms with E-state index in [1.165, 1.54) is 5.56 Å². The minimum absolute atomic E-state index is 0.199. The molecule has 1 saturated heterocycles. The Bertz CT molecular complexity index is 378. The number of halogens is 1. The fourth-order valence-electron chi connectivity index (χ4n) is 2.79. The molecule has 17 heavy (non-hydrogen) atoms. The first-order valence-electron chi connectivity index (χ1n) is 6.11. The molecule has 0 amide bonds. The molecule has 0 aromatic heterocycles. The average Bonchev–Trinajstić information content (AvgIpc) is 2.29. The van der Waals surface area contributed by atoms with Crippen molar-refractivity contribution < 1.29 is 4.74 Å². The van der Waals surface area contributed by atoms with E-state index >= 15 is 0 Å². The second kappa shape index (κ2) is 5.38. The quantitative estimate of drug-likeness (QED) is 0.894. The predicted octanol–water partition coefficient (Wildman–Crippen LogP) is 3.07. The van der Waals surface area contributed by atoms with Crippen molar-refractivity contribution in [2.45, 2.75) is 19.3 Å². The second-order valence-electron chi connectivity index (χ2n) is 5.15. The summed E-state index contributed by atoms with van der Waals surface area (Å²) in [4.78, 5) is 0. The van der Waals surface area contributed by atoms with E-state index in [1.54, 1.807) is 7.11 Å². The molecule has 1 N–H and O–H groups in total. The van der Waals surface area contributed by atoms with Gasteiger partial charge in [-0.3, -0.25) is 0 Å². The smallest absolute Gasteiger partial charge is 0.0522 e. The summed E-state index contributed by atoms with van der Waals surface area (Å²) in [5, 5.41) is 4.28. The molecule has 0 radical (unpaired) electrons. The molecule has 1 aliphatic rings. The summed E-state index contributed by atoms with van der Waals surface area (Å²) in [6.45, 7) is 5.17. The predicted molar refractivity (Wildman–Crippen MR) is 71.7 cm³/mol. The monoisotopic (exact) mass is 253 g/mol. The van der Waals surface area contributed by atoms with Crippen molar-refractivity contribution in [2.75, 3.05) is 26.8 Å². The molecular formula is C14H20ClNO. The van der Waals surface area contributed by atoms with Gasteiger partial charge in [-0.1, -0.05) is 30.7 Å². The number of methoxy groups -OCH3 is 1. The number of nitrogens with one attached hydrogen (secondary N) is 1. The van der Waals surface area contributed by atoms with E-state index in [0.717, 1.165) is 31.1 Å². The van der Waals surface area contributed by atoms with Gasteiger partial charge in [-0.2, -0.15) is 0 Å². The molecule has 2 atom stereocenters. The Morgan fingerprint density at radius 1 is 1.53 bits per heavy atom. The van der Waals surface area contributed by atoms with Crippen LogP contribution in [0.4, 0.5) is 0 Å². The first-order chi connectivity index (χ1) is 8.15. The van der Waals surface area contributed by atoms with Gasteiger partial charge in [-0.15, -0.1) is 0 Å². The molecule has 94 valence electrons. The number of piperidine rings is 1. The maximum atomic E-state index is 6.08. The van der Waals surface area contributed by atoms with Crippen molar-refractivity contribution >= 4 is 11.6 Å². The lowest BCUT2D eigenvalue weighted by Gasteiger charge is -2.41. The van der Waals surface area contributed by atoms with Crippen LogP contribution in [-0.2, 0) is 4.74 Å². The zero-order chi connectivity index (χ0) is 12.3. The third-order valence-electron chi connectivity index (χ3n) is 3.79. The molecule has 3 heteroatoms. The van der Waals surface area contributed by atoms with E-state index in [2.05, 4.69) is 24.4 Å². The van der Waals surface area contributed by atoms with Gasteiger partial charge in [0.15, 0.2) is 0 Å². The molecule has 1 fully saturated rings. The zero-order valence-corrected chi connectivity index (χ0v) is 11.3. The fourth-order valence-corrected chi connectivity index (χ4v) is 2.99. The molecule has 2 unspecified atom stereocenters. The third kappa shape index (κ3) is 2.82. The summed E-state index contributed by atoms with van der Waals surface area (Å²) in [6.07, 6.45) is 1.14. The van der Waals surface area contributed by atoms with Crippen molar-refractivity contribution in [3.05, 3.63) is 34.9 Å². The van der Waals surface area contributed by atoms with Crippen LogP contribution >= 0.6 is 11.6 Å². The fraction of sp³-hybridized carbons (Fsp3) is 0.571. The Hall–Kier alpha value is -0.570. The Morgan fingerprint density at radius 3 is 3.06 bits per heavy atom. The van der Waals surface area contributed by atoms with Gasteiger partial charge >= 0.3 is 0 Å². The van der Waals surface area contributed by atoms with Gasteiger partial charge in [0, 0.05) is 30.0 Å². The zero-order valence-electron chi connectivity index (χ0n) is 10.5. The molecule has 2 nitrogen and oxygen atoms in total. The van der Waals surface area contributed by atoms with Gasteiger partial charge in [0.1, 0.15) is 0 Å². The second-order valence-corrected chi connectivity index (χ2v) is 5.59. The van der Waals surface area contributed by atoms with Crippen LogP contribution in [0.2, 0.25) is 5.02 Å². The average molecular weight is 254 g/mol. The molecule has 1 aliphatic heterocycles. The van der Waals surface area contributed by atoms with E-state index in [-0.39, 0.29) is 5.41 Å². The van der Waals surface area contributed by atoms with Crippen LogP contribution < -0.4 is 5.32 Å². The van der Waals surface area contributed by atoms with E-state index in [4.69, 9.17) is 16.3 Å². The standard InChI is InChI=1S/C14H20ClNO/c1-14(10-17-2)6-7-16-9-13(14)11-4-3-5-12(15)8-11/h3-5,8,13,16H,6-7,9-10H2,1-2H3. The Morgan fingerprint density at radius 2 is 2.35 bits per heavy atom. The van der Waals surface area contributed by atoms with Gasteiger partial charge in [-0.05, 0) is 30.7 Å². The van der Waals surface area contributed by atoms with E-state index in [1.807, 2.05) is 12.1 Å². The maximum absolute atomic E-state index is 6.08. The molecule has 2 rings (SSSR count). The maximum Gasteiger partial charge on any atom is 0.0522 e. The highest BCUT2D eigenvalue weighted by atomic mass is 35.5. The van der Waals surface area contributed by atoms with E-state index in [9.17, 15) is 0 Å². The summed E-state index contributed by atoms with van der Waals surface area (Å²) in [5.74, 6) is 0.467. The summed E-state index contributed by atoms with van der Waals surface area (Å²) >= 11 is 6.08. The molecule has 0 saturated carbocycles. The molecule has 1 aromatic rings. The van der Waals surface area contributed by atoms with Crippen LogP contribution in [0.25, 0.3) is 0 Å². The highest BCUT2D eigenvalue weighted by Crippen LogP contribution is 2.41. The van der Waals surface area contributed by atoms with Gasteiger partial charge in [-0.25, -0.2) is 0 Å². The highest BCUT2D eigenvalue weighted by Gasteiger charge is 2.37. The number of hydrogen-bond donors (Lipinski definition) is 1. The number of ether oxygens (including phenoxy) is 1. The lowest BCUT2D eigenvalue weighted by molar-refractivity contribution is 0.0509. The summed E-state index contributed by atoms with van der Waals surface area (Å²) < 4.78 is 5.41. The van der Waals surface area contributed by atoms with Crippen LogP contribution in [0, 0.1) is 5.41 Å². The molecule has 0 spiro atoms. The largest absolute Gasteiger partial charge is 0.384 e. The summed E-state index contributed by atoms with van der Waals surface area (Å²) in [6, 6.07) is 8.19. The van der Waals surface area contributed by atoms with Crippen LogP contribution in [0.15, 0.2) is 24.3 Å². The number of hydrogen-bond acceptors (Lipinski definition) is 2. The molecule has 1 aromatic carbocycles. The minimum Gasteiger partial charge on any atom is -0.384 e. The van der Waals surface area contributed by atoms with E-state index < -0.39 is 0 Å². The van der Waals surface area contributed by atoms with Crippen molar-refractivity contribution in [1.29, 1.82) is 0 Å². The topological polar surface area (TPSA) is 21.3 Å². The van der Waals surface area contributed by atoms with E-state index in [0.29, 0.717) is 5.92 Å². The molecular weight excluding hydrogens is 234 g/mol. The summed E-state index contributed by atoms with van der Waals surface area (Å²) in [7, 11) is 1.78. The molecule has 0 bridgehead atoms. The first kappa shape index (κ1) is 12.9. The highest BCUT2D eigenvalue weighted by molar-refractivity contribution is 6.30. The normalized spacial score (nSPS) is 29.2. The Labute approximate surface area is 108 Å². The van der Waals surface area contributed by atoms with Crippen molar-refractivity contribution in [3.8, 4) is 0 Å². The first-order valence-corrected chi connectivity index (χ1v) is 6.49. The van der Waals surface area contributed by atoms with Crippen LogP contribution in [0.1, 0.15) is 24.8 Å². The van der Waals surface area contributed by atoms with Gasteiger partial charge in [0.2, 0.25) is 0 Å². The lowest BCUT2D eigenvalue weighted by atomic mass is 9.70. The van der Waals surface area contributed by atoms with Crippen LogP contribution in [0.3, 0.4) is 0 Å². The number of rotatable bonds is 3. The molecule has 1 heterocycles. The minimum atomic E-state index is 0.199. The molecule has 0 aliphatic carbocycles. The number of benzene rings is 1. The van der Waals surface area contributed by atoms with Crippen molar-refractivity contribution in [2.24, 2.45) is 5.41 Å². The van der Waals surface area contributed by atoms with Gasteiger partial charge < -0.3 is 10.1 Å². The van der Waals surface area contributed by atoms with Crippen molar-refractivity contribution in [3.63, 3.8) is 0 Å². The van der Waals surface area contributed by atoms with Gasteiger partial charge in [0.05, 0.1) is 6.61 Å². The Kier molecular flexibility index (Phi) is 4.08. The van der Waals surface area contributed by atoms with Gasteiger partial charge in [0.25, 0.3) is 0 Å². The van der Waals surface area contributed by atoms with Crippen molar-refractivity contribution in [1.82, 2.24) is 5.32 Å². The summed E-state index contributed by atoms with van der Waals surface area (Å²) in [5.41, 5.74) is 1.51. The SMILES string of the molecule is COCC1(C)CCNCC1c1cccc(Cl)c1. The Balaban J connectivity index is 2.27. The van der Waals surface area contributed by atoms with Crippen LogP contribution in [-0.4, -0.2) is 26.8 Å². The van der Waals surface area contributed by atoms with Crippen LogP contribution in [0.5, 0.6) is 0 Å².